The molecule has 0 unspecified atom stereocenters. The van der Waals surface area contributed by atoms with Crippen LogP contribution in [0, 0.1) is 10.2 Å². The topological polar surface area (TPSA) is 104 Å². The van der Waals surface area contributed by atoms with Crippen LogP contribution in [0.3, 0.4) is 0 Å². The van der Waals surface area contributed by atoms with Gasteiger partial charge in [0.25, 0.3) is 0 Å². The highest BCUT2D eigenvalue weighted by atomic mass is 35.7. The van der Waals surface area contributed by atoms with E-state index in [2.05, 4.69) is 109 Å². The van der Waals surface area contributed by atoms with E-state index in [9.17, 15) is 0 Å². The lowest BCUT2D eigenvalue weighted by atomic mass is 10.0. The fourth-order valence-electron chi connectivity index (χ4n) is 4.21. The Morgan fingerprint density at radius 1 is 0.658 bits per heavy atom. The number of halogens is 1. The van der Waals surface area contributed by atoms with E-state index in [4.69, 9.17) is 23.1 Å². The lowest BCUT2D eigenvalue weighted by Crippen LogP contribution is -2.68. The maximum Gasteiger partial charge on any atom is 0.362 e. The maximum absolute atomic E-state index is 8.49. The molecule has 2 heterocycles. The number of benzene rings is 4. The Morgan fingerprint density at radius 3 is 1.95 bits per heavy atom. The summed E-state index contributed by atoms with van der Waals surface area (Å²) in [6, 6.07) is 40.0. The monoisotopic (exact) mass is 540 g/mol. The van der Waals surface area contributed by atoms with Crippen LogP contribution in [0.15, 0.2) is 120 Å². The average molecular weight is 541 g/mol. The Hall–Kier alpha value is -3.75. The summed E-state index contributed by atoms with van der Waals surface area (Å²) < 4.78 is 40.5. The van der Waals surface area contributed by atoms with Crippen molar-refractivity contribution in [3.8, 4) is 11.3 Å². The van der Waals surface area contributed by atoms with E-state index in [0.29, 0.717) is 0 Å². The third-order valence-corrected chi connectivity index (χ3v) is 6.98. The summed E-state index contributed by atoms with van der Waals surface area (Å²) >= 11 is 1.79. The van der Waals surface area contributed by atoms with Crippen LogP contribution in [0.5, 0.6) is 0 Å². The molecule has 0 fully saturated rings. The van der Waals surface area contributed by atoms with Gasteiger partial charge in [-0.3, -0.25) is 0 Å². The molecular formula is C31H21ClO5S. The molecule has 0 spiro atoms. The molecule has 0 radical (unpaired) electrons. The SMILES string of the molecule is C1=C(c2ccccc2)S/C(=C\c2[o+]c(-c3ccccc3)cc3ccccc23)c2ccccc21.[O-][Cl+3]([O-])([O-])[O-]. The third kappa shape index (κ3) is 6.38. The van der Waals surface area contributed by atoms with Crippen LogP contribution >= 0.6 is 11.8 Å². The Kier molecular flexibility index (Phi) is 7.72. The van der Waals surface area contributed by atoms with Gasteiger partial charge in [0, 0.05) is 15.2 Å². The van der Waals surface area contributed by atoms with E-state index >= 15 is 0 Å². The molecule has 0 atom stereocenters. The molecule has 5 nitrogen and oxygen atoms in total. The number of hydrogen-bond acceptors (Lipinski definition) is 5. The standard InChI is InChI=1S/C31H21OS.ClHO4/c1-3-11-22(12-4-1)28-19-24-15-7-9-17-26(24)29(32-28)21-31-27-18-10-8-16-25(27)20-30(33-31)23-13-5-2-6-14-23;2-1(3,4)5/h1-21H;(H,2,3,4,5)/q+1;/p-1/b31-21-;. The van der Waals surface area contributed by atoms with Gasteiger partial charge in [-0.15, -0.1) is 10.2 Å². The van der Waals surface area contributed by atoms with Gasteiger partial charge < -0.3 is 0 Å². The molecule has 0 N–H and O–H groups in total. The Morgan fingerprint density at radius 2 is 1.24 bits per heavy atom. The van der Waals surface area contributed by atoms with Crippen molar-refractivity contribution in [1.29, 1.82) is 0 Å². The summed E-state index contributed by atoms with van der Waals surface area (Å²) in [5, 5.41) is 2.28. The van der Waals surface area contributed by atoms with Crippen LogP contribution in [0.25, 0.3) is 44.1 Å². The molecule has 1 aliphatic heterocycles. The van der Waals surface area contributed by atoms with Gasteiger partial charge >= 0.3 is 11.5 Å². The van der Waals surface area contributed by atoms with Crippen LogP contribution in [0.4, 0.5) is 0 Å². The first-order valence-corrected chi connectivity index (χ1v) is 13.7. The van der Waals surface area contributed by atoms with Crippen molar-refractivity contribution in [2.45, 2.75) is 0 Å². The predicted octanol–water partition coefficient (Wildman–Crippen LogP) is 4.37. The molecular weight excluding hydrogens is 520 g/mol. The fourth-order valence-corrected chi connectivity index (χ4v) is 5.34. The number of rotatable bonds is 3. The molecule has 6 rings (SSSR count). The lowest BCUT2D eigenvalue weighted by Gasteiger charge is -2.18. The van der Waals surface area contributed by atoms with Crippen molar-refractivity contribution >= 4 is 44.5 Å². The second-order valence-corrected chi connectivity index (χ2v) is 10.2. The van der Waals surface area contributed by atoms with Crippen LogP contribution < -0.4 is 18.6 Å². The van der Waals surface area contributed by atoms with E-state index in [1.165, 1.54) is 31.9 Å². The molecule has 4 aromatic carbocycles. The van der Waals surface area contributed by atoms with Crippen molar-refractivity contribution in [3.05, 3.63) is 138 Å². The molecule has 0 bridgehead atoms. The Balaban J connectivity index is 0.000000540. The minimum Gasteiger partial charge on any atom is -0.222 e. The smallest absolute Gasteiger partial charge is 0.222 e. The first kappa shape index (κ1) is 25.9. The third-order valence-electron chi connectivity index (χ3n) is 5.84. The first-order chi connectivity index (χ1) is 18.3. The van der Waals surface area contributed by atoms with Gasteiger partial charge in [-0.1, -0.05) is 103 Å². The highest BCUT2D eigenvalue weighted by Crippen LogP contribution is 2.47. The van der Waals surface area contributed by atoms with E-state index < -0.39 is 10.2 Å². The Labute approximate surface area is 226 Å². The lowest BCUT2D eigenvalue weighted by molar-refractivity contribution is -2.00. The van der Waals surface area contributed by atoms with Crippen LogP contribution in [0.1, 0.15) is 22.5 Å². The molecule has 7 heteroatoms. The molecule has 0 saturated carbocycles. The van der Waals surface area contributed by atoms with E-state index in [1.807, 2.05) is 18.2 Å². The van der Waals surface area contributed by atoms with Crippen LogP contribution in [-0.2, 0) is 0 Å². The average Bonchev–Trinajstić information content (AvgIpc) is 2.93. The highest BCUT2D eigenvalue weighted by molar-refractivity contribution is 8.17. The molecule has 38 heavy (non-hydrogen) atoms. The summed E-state index contributed by atoms with van der Waals surface area (Å²) in [5.74, 6) is 1.74. The summed E-state index contributed by atoms with van der Waals surface area (Å²) in [6.07, 6.45) is 4.48. The molecule has 0 saturated heterocycles. The zero-order valence-electron chi connectivity index (χ0n) is 20.0. The van der Waals surface area contributed by atoms with E-state index in [0.717, 1.165) is 22.5 Å². The van der Waals surface area contributed by atoms with Gasteiger partial charge in [0.15, 0.2) is 0 Å². The Bertz CT molecular complexity index is 1620. The number of fused-ring (bicyclic) bond motifs is 2. The molecule has 1 aliphatic rings. The number of hydrogen-bond donors (Lipinski definition) is 0. The molecule has 5 aromatic rings. The van der Waals surface area contributed by atoms with Gasteiger partial charge in [-0.05, 0) is 41.0 Å². The summed E-state index contributed by atoms with van der Waals surface area (Å²) in [7, 11) is -4.94. The van der Waals surface area contributed by atoms with Gasteiger partial charge in [0.05, 0.1) is 23.1 Å². The second-order valence-electron chi connectivity index (χ2n) is 8.38. The van der Waals surface area contributed by atoms with Gasteiger partial charge in [0.1, 0.15) is 0 Å². The summed E-state index contributed by atoms with van der Waals surface area (Å²) in [5.41, 5.74) is 4.75. The zero-order valence-corrected chi connectivity index (χ0v) is 21.5. The highest BCUT2D eigenvalue weighted by Gasteiger charge is 2.23. The van der Waals surface area contributed by atoms with Gasteiger partial charge in [-0.2, -0.15) is 0 Å². The van der Waals surface area contributed by atoms with Gasteiger partial charge in [0.2, 0.25) is 0 Å². The molecule has 0 amide bonds. The molecule has 0 aliphatic carbocycles. The summed E-state index contributed by atoms with van der Waals surface area (Å²) in [6.45, 7) is 0. The maximum atomic E-state index is 8.49. The number of thioether (sulfide) groups is 1. The van der Waals surface area contributed by atoms with Crippen LogP contribution in [0.2, 0.25) is 0 Å². The minimum atomic E-state index is -4.94. The van der Waals surface area contributed by atoms with Crippen molar-refractivity contribution in [2.75, 3.05) is 0 Å². The zero-order chi connectivity index (χ0) is 26.5. The summed E-state index contributed by atoms with van der Waals surface area (Å²) in [4.78, 5) is 2.43. The minimum absolute atomic E-state index is 0.870. The first-order valence-electron chi connectivity index (χ1n) is 11.6. The fraction of sp³-hybridized carbons (Fsp3) is 0. The molecule has 188 valence electrons. The van der Waals surface area contributed by atoms with Crippen molar-refractivity contribution in [2.24, 2.45) is 0 Å². The van der Waals surface area contributed by atoms with Crippen molar-refractivity contribution in [1.82, 2.24) is 0 Å². The van der Waals surface area contributed by atoms with Crippen LogP contribution in [-0.4, -0.2) is 0 Å². The van der Waals surface area contributed by atoms with E-state index in [-0.39, 0.29) is 0 Å². The normalized spacial score (nSPS) is 13.9. The largest absolute Gasteiger partial charge is 0.362 e. The van der Waals surface area contributed by atoms with E-state index in [1.54, 1.807) is 11.8 Å². The van der Waals surface area contributed by atoms with Crippen molar-refractivity contribution < 1.29 is 33.3 Å². The quantitative estimate of drug-likeness (QED) is 0.315. The molecule has 1 aromatic heterocycles. The second kappa shape index (κ2) is 11.3. The van der Waals surface area contributed by atoms with Crippen molar-refractivity contribution in [3.63, 3.8) is 0 Å². The van der Waals surface area contributed by atoms with Gasteiger partial charge in [-0.25, -0.2) is 23.1 Å². The predicted molar refractivity (Wildman–Crippen MR) is 142 cm³/mol.